The molecule has 1 saturated heterocycles. The number of nitrogens with zero attached hydrogens (tertiary/aromatic N) is 3. The van der Waals surface area contributed by atoms with E-state index in [4.69, 9.17) is 16.3 Å². The topological polar surface area (TPSA) is 67.4 Å². The Balaban J connectivity index is 1.73. The Labute approximate surface area is 145 Å². The number of rotatable bonds is 4. The lowest BCUT2D eigenvalue weighted by Gasteiger charge is -2.26. The number of amides is 1. The number of carbonyl (C=O) groups excluding carboxylic acids is 1. The van der Waals surface area contributed by atoms with Crippen molar-refractivity contribution in [1.29, 1.82) is 0 Å². The maximum Gasteiger partial charge on any atom is 0.272 e. The molecule has 2 heterocycles. The minimum absolute atomic E-state index is 0.0930. The summed E-state index contributed by atoms with van der Waals surface area (Å²) in [5.74, 6) is 0.330. The molecule has 126 valence electrons. The van der Waals surface area contributed by atoms with Crippen molar-refractivity contribution in [2.45, 2.75) is 13.5 Å². The minimum Gasteiger partial charge on any atom is -0.378 e. The number of benzene rings is 1. The molecule has 0 bridgehead atoms. The highest BCUT2D eigenvalue weighted by Crippen LogP contribution is 2.16. The predicted molar refractivity (Wildman–Crippen MR) is 92.3 cm³/mol. The summed E-state index contributed by atoms with van der Waals surface area (Å²) in [6.07, 6.45) is 0. The molecule has 6 nitrogen and oxygen atoms in total. The van der Waals surface area contributed by atoms with Crippen molar-refractivity contribution in [2.24, 2.45) is 0 Å². The van der Waals surface area contributed by atoms with Crippen LogP contribution in [0.3, 0.4) is 0 Å². The van der Waals surface area contributed by atoms with Gasteiger partial charge in [-0.05, 0) is 24.6 Å². The number of carbonyl (C=O) groups is 1. The second kappa shape index (κ2) is 7.59. The van der Waals surface area contributed by atoms with E-state index in [1.807, 2.05) is 31.2 Å². The van der Waals surface area contributed by atoms with E-state index in [1.54, 1.807) is 11.0 Å². The van der Waals surface area contributed by atoms with Crippen molar-refractivity contribution in [1.82, 2.24) is 14.9 Å². The summed E-state index contributed by atoms with van der Waals surface area (Å²) in [4.78, 5) is 23.0. The Bertz CT molecular complexity index is 732. The van der Waals surface area contributed by atoms with Gasteiger partial charge in [0.15, 0.2) is 0 Å². The van der Waals surface area contributed by atoms with Crippen LogP contribution in [0, 0.1) is 6.92 Å². The smallest absolute Gasteiger partial charge is 0.272 e. The van der Waals surface area contributed by atoms with Gasteiger partial charge in [0.05, 0.1) is 13.2 Å². The van der Waals surface area contributed by atoms with Crippen LogP contribution in [0.2, 0.25) is 5.02 Å². The van der Waals surface area contributed by atoms with Crippen molar-refractivity contribution in [2.75, 3.05) is 31.6 Å². The predicted octanol–water partition coefficient (Wildman–Crippen LogP) is 2.52. The Kier molecular flexibility index (Phi) is 5.27. The molecule has 2 aromatic rings. The van der Waals surface area contributed by atoms with E-state index < -0.39 is 0 Å². The summed E-state index contributed by atoms with van der Waals surface area (Å²) in [5, 5.41) is 3.82. The molecule has 0 unspecified atom stereocenters. The Morgan fingerprint density at radius 3 is 2.79 bits per heavy atom. The van der Waals surface area contributed by atoms with Gasteiger partial charge in [-0.3, -0.25) is 4.79 Å². The molecule has 0 saturated carbocycles. The van der Waals surface area contributed by atoms with Crippen LogP contribution in [-0.4, -0.2) is 47.1 Å². The highest BCUT2D eigenvalue weighted by Gasteiger charge is 2.20. The Morgan fingerprint density at radius 1 is 1.29 bits per heavy atom. The van der Waals surface area contributed by atoms with Crippen molar-refractivity contribution in [3.8, 4) is 0 Å². The van der Waals surface area contributed by atoms with Crippen molar-refractivity contribution in [3.63, 3.8) is 0 Å². The molecule has 0 aliphatic carbocycles. The van der Waals surface area contributed by atoms with E-state index in [0.29, 0.717) is 49.5 Å². The van der Waals surface area contributed by atoms with Gasteiger partial charge in [-0.15, -0.1) is 0 Å². The number of ether oxygens (including phenoxy) is 1. The van der Waals surface area contributed by atoms with Crippen LogP contribution in [0.15, 0.2) is 30.3 Å². The van der Waals surface area contributed by atoms with E-state index in [1.165, 1.54) is 0 Å². The zero-order valence-electron chi connectivity index (χ0n) is 13.5. The van der Waals surface area contributed by atoms with E-state index in [2.05, 4.69) is 15.3 Å². The second-order valence-corrected chi connectivity index (χ2v) is 5.97. The average Bonchev–Trinajstić information content (AvgIpc) is 2.61. The molecule has 1 fully saturated rings. The number of nitrogens with one attached hydrogen (secondary N) is 1. The summed E-state index contributed by atoms with van der Waals surface area (Å²) >= 11 is 6.15. The lowest BCUT2D eigenvalue weighted by molar-refractivity contribution is 0.0299. The summed E-state index contributed by atoms with van der Waals surface area (Å²) in [6.45, 7) is 4.64. The lowest BCUT2D eigenvalue weighted by Crippen LogP contribution is -2.41. The molecular weight excluding hydrogens is 328 g/mol. The summed E-state index contributed by atoms with van der Waals surface area (Å²) in [6, 6.07) is 9.29. The molecule has 1 aliphatic heterocycles. The van der Waals surface area contributed by atoms with E-state index in [9.17, 15) is 4.79 Å². The molecule has 3 rings (SSSR count). The minimum atomic E-state index is -0.0930. The maximum atomic E-state index is 12.6. The zero-order chi connectivity index (χ0) is 16.9. The molecule has 0 radical (unpaired) electrons. The van der Waals surface area contributed by atoms with E-state index in [-0.39, 0.29) is 5.91 Å². The standard InChI is InChI=1S/C17H19ClN4O2/c1-12-10-15(16(23)22-6-8-24-9-7-22)21-17(20-12)19-11-13-4-2-3-5-14(13)18/h2-5,10H,6-9,11H2,1H3,(H,19,20,21). The normalized spacial score (nSPS) is 14.5. The quantitative estimate of drug-likeness (QED) is 0.921. The lowest BCUT2D eigenvalue weighted by atomic mass is 10.2. The van der Waals surface area contributed by atoms with Gasteiger partial charge in [-0.2, -0.15) is 0 Å². The largest absolute Gasteiger partial charge is 0.378 e. The number of morpholine rings is 1. The van der Waals surface area contributed by atoms with Crippen LogP contribution in [0.25, 0.3) is 0 Å². The second-order valence-electron chi connectivity index (χ2n) is 5.57. The monoisotopic (exact) mass is 346 g/mol. The summed E-state index contributed by atoms with van der Waals surface area (Å²) in [5.41, 5.74) is 2.08. The molecule has 7 heteroatoms. The first-order valence-corrected chi connectivity index (χ1v) is 8.21. The summed E-state index contributed by atoms with van der Waals surface area (Å²) < 4.78 is 5.28. The van der Waals surface area contributed by atoms with Gasteiger partial charge in [0.1, 0.15) is 5.69 Å². The third kappa shape index (κ3) is 4.01. The van der Waals surface area contributed by atoms with Crippen LogP contribution >= 0.6 is 11.6 Å². The third-order valence-corrected chi connectivity index (χ3v) is 4.14. The first-order valence-electron chi connectivity index (χ1n) is 7.83. The number of aryl methyl sites for hydroxylation is 1. The maximum absolute atomic E-state index is 12.6. The number of hydrogen-bond acceptors (Lipinski definition) is 5. The van der Waals surface area contributed by atoms with Gasteiger partial charge in [0.25, 0.3) is 5.91 Å². The highest BCUT2D eigenvalue weighted by atomic mass is 35.5. The number of anilines is 1. The van der Waals surface area contributed by atoms with Crippen LogP contribution < -0.4 is 5.32 Å². The molecule has 1 amide bonds. The van der Waals surface area contributed by atoms with E-state index >= 15 is 0 Å². The number of aromatic nitrogens is 2. The molecule has 24 heavy (non-hydrogen) atoms. The molecule has 0 spiro atoms. The zero-order valence-corrected chi connectivity index (χ0v) is 14.2. The molecule has 0 atom stereocenters. The first kappa shape index (κ1) is 16.7. The fourth-order valence-corrected chi connectivity index (χ4v) is 2.70. The van der Waals surface area contributed by atoms with Crippen LogP contribution in [0.4, 0.5) is 5.95 Å². The van der Waals surface area contributed by atoms with Crippen LogP contribution in [0.1, 0.15) is 21.7 Å². The van der Waals surface area contributed by atoms with Gasteiger partial charge in [-0.1, -0.05) is 29.8 Å². The van der Waals surface area contributed by atoms with Gasteiger partial charge in [0.2, 0.25) is 5.95 Å². The first-order chi connectivity index (χ1) is 11.6. The van der Waals surface area contributed by atoms with Crippen LogP contribution in [0.5, 0.6) is 0 Å². The van der Waals surface area contributed by atoms with E-state index in [0.717, 1.165) is 11.3 Å². The third-order valence-electron chi connectivity index (χ3n) is 3.77. The number of halogens is 1. The van der Waals surface area contributed by atoms with Gasteiger partial charge < -0.3 is 15.0 Å². The SMILES string of the molecule is Cc1cc(C(=O)N2CCOCC2)nc(NCc2ccccc2Cl)n1. The number of hydrogen-bond donors (Lipinski definition) is 1. The molecular formula is C17H19ClN4O2. The molecule has 1 N–H and O–H groups in total. The fraction of sp³-hybridized carbons (Fsp3) is 0.353. The fourth-order valence-electron chi connectivity index (χ4n) is 2.50. The Morgan fingerprint density at radius 2 is 2.04 bits per heavy atom. The molecule has 1 aromatic heterocycles. The highest BCUT2D eigenvalue weighted by molar-refractivity contribution is 6.31. The summed E-state index contributed by atoms with van der Waals surface area (Å²) in [7, 11) is 0. The van der Waals surface area contributed by atoms with Crippen molar-refractivity contribution in [3.05, 3.63) is 52.3 Å². The molecule has 1 aromatic carbocycles. The Hall–Kier alpha value is -2.18. The van der Waals surface area contributed by atoms with Gasteiger partial charge in [-0.25, -0.2) is 9.97 Å². The van der Waals surface area contributed by atoms with Gasteiger partial charge >= 0.3 is 0 Å². The molecule has 1 aliphatic rings. The van der Waals surface area contributed by atoms with Gasteiger partial charge in [0, 0.05) is 30.4 Å². The van der Waals surface area contributed by atoms with Crippen molar-refractivity contribution >= 4 is 23.5 Å². The average molecular weight is 347 g/mol. The van der Waals surface area contributed by atoms with Crippen molar-refractivity contribution < 1.29 is 9.53 Å². The van der Waals surface area contributed by atoms with Crippen LogP contribution in [-0.2, 0) is 11.3 Å².